The average molecular weight is 311 g/mol. The Morgan fingerprint density at radius 1 is 1.19 bits per heavy atom. The summed E-state index contributed by atoms with van der Waals surface area (Å²) < 4.78 is 12.9. The zero-order chi connectivity index (χ0) is 15.8. The molecule has 2 aromatic rings. The molecule has 0 saturated heterocycles. The number of alkyl halides is 1. The highest BCUT2D eigenvalue weighted by Crippen LogP contribution is 2.35. The largest absolute Gasteiger partial charge is 0.493 e. The lowest BCUT2D eigenvalue weighted by Crippen LogP contribution is -2.17. The molecule has 0 spiro atoms. The number of hydrogen-bond acceptors (Lipinski definition) is 3. The highest BCUT2D eigenvalue weighted by Gasteiger charge is 2.21. The molecule has 0 N–H and O–H groups in total. The van der Waals surface area contributed by atoms with Crippen molar-refractivity contribution in [3.05, 3.63) is 18.0 Å². The van der Waals surface area contributed by atoms with E-state index < -0.39 is 0 Å². The van der Waals surface area contributed by atoms with E-state index in [1.165, 1.54) is 0 Å². The molecule has 4 nitrogen and oxygen atoms in total. The lowest BCUT2D eigenvalue weighted by Gasteiger charge is -2.22. The van der Waals surface area contributed by atoms with Crippen LogP contribution in [0.5, 0.6) is 11.5 Å². The van der Waals surface area contributed by atoms with E-state index in [1.54, 1.807) is 14.2 Å². The van der Waals surface area contributed by atoms with Gasteiger partial charge in [0.1, 0.15) is 5.82 Å². The first kappa shape index (κ1) is 16.0. The Labute approximate surface area is 131 Å². The van der Waals surface area contributed by atoms with Crippen LogP contribution in [0.15, 0.2) is 12.1 Å². The Balaban J connectivity index is 2.70. The first-order chi connectivity index (χ1) is 9.76. The van der Waals surface area contributed by atoms with Crippen molar-refractivity contribution >= 4 is 22.6 Å². The van der Waals surface area contributed by atoms with E-state index >= 15 is 0 Å². The Kier molecular flexibility index (Phi) is 4.38. The Hall–Kier alpha value is -1.42. The van der Waals surface area contributed by atoms with Gasteiger partial charge in [-0.15, -0.1) is 11.6 Å². The second-order valence-corrected chi connectivity index (χ2v) is 7.08. The maximum atomic E-state index is 6.31. The molecule has 0 aliphatic heterocycles. The minimum atomic E-state index is -0.156. The van der Waals surface area contributed by atoms with E-state index in [9.17, 15) is 0 Å². The van der Waals surface area contributed by atoms with Crippen LogP contribution < -0.4 is 9.47 Å². The van der Waals surface area contributed by atoms with Gasteiger partial charge in [-0.1, -0.05) is 20.8 Å². The fourth-order valence-electron chi connectivity index (χ4n) is 2.41. The molecule has 0 radical (unpaired) electrons. The molecule has 0 aliphatic rings. The summed E-state index contributed by atoms with van der Waals surface area (Å²) in [5.74, 6) is 2.25. The minimum Gasteiger partial charge on any atom is -0.493 e. The average Bonchev–Trinajstić information content (AvgIpc) is 2.73. The van der Waals surface area contributed by atoms with Gasteiger partial charge in [0, 0.05) is 18.7 Å². The van der Waals surface area contributed by atoms with Crippen LogP contribution in [0.4, 0.5) is 0 Å². The first-order valence-electron chi connectivity index (χ1n) is 7.03. The van der Waals surface area contributed by atoms with Gasteiger partial charge in [0.05, 0.1) is 30.6 Å². The molecule has 0 aliphatic carbocycles. The third kappa shape index (κ3) is 3.26. The van der Waals surface area contributed by atoms with Gasteiger partial charge < -0.3 is 14.0 Å². The maximum absolute atomic E-state index is 6.31. The fourth-order valence-corrected chi connectivity index (χ4v) is 2.58. The summed E-state index contributed by atoms with van der Waals surface area (Å²) in [4.78, 5) is 4.68. The topological polar surface area (TPSA) is 36.3 Å². The van der Waals surface area contributed by atoms with E-state index in [4.69, 9.17) is 21.1 Å². The molecular formula is C16H23ClN2O2. The number of hydrogen-bond donors (Lipinski definition) is 0. The standard InChI is InChI=1S/C16H23ClN2O2/c1-10(17)15-18-11-7-13(20-5)14(21-6)8-12(11)19(15)9-16(2,3)4/h7-8,10H,9H2,1-6H3. The van der Waals surface area contributed by atoms with Gasteiger partial charge in [-0.25, -0.2) is 4.98 Å². The molecule has 1 unspecified atom stereocenters. The molecule has 2 rings (SSSR count). The van der Waals surface area contributed by atoms with Crippen molar-refractivity contribution in [2.75, 3.05) is 14.2 Å². The van der Waals surface area contributed by atoms with Crippen molar-refractivity contribution in [1.82, 2.24) is 9.55 Å². The number of nitrogens with zero attached hydrogens (tertiary/aromatic N) is 2. The predicted octanol–water partition coefficient (Wildman–Crippen LogP) is 4.40. The number of rotatable bonds is 4. The van der Waals surface area contributed by atoms with Gasteiger partial charge in [-0.3, -0.25) is 0 Å². The summed E-state index contributed by atoms with van der Waals surface area (Å²) in [7, 11) is 3.26. The van der Waals surface area contributed by atoms with E-state index in [2.05, 4.69) is 30.3 Å². The second kappa shape index (κ2) is 5.76. The first-order valence-corrected chi connectivity index (χ1v) is 7.46. The molecule has 0 bridgehead atoms. The highest BCUT2D eigenvalue weighted by atomic mass is 35.5. The predicted molar refractivity (Wildman–Crippen MR) is 86.6 cm³/mol. The van der Waals surface area contributed by atoms with Crippen LogP contribution in [-0.4, -0.2) is 23.8 Å². The Morgan fingerprint density at radius 2 is 1.76 bits per heavy atom. The van der Waals surface area contributed by atoms with Gasteiger partial charge in [0.25, 0.3) is 0 Å². The number of imidazole rings is 1. The Bertz CT molecular complexity index is 642. The van der Waals surface area contributed by atoms with E-state index in [-0.39, 0.29) is 10.8 Å². The van der Waals surface area contributed by atoms with E-state index in [0.29, 0.717) is 11.5 Å². The molecule has 5 heteroatoms. The van der Waals surface area contributed by atoms with Crippen molar-refractivity contribution in [2.45, 2.75) is 39.6 Å². The van der Waals surface area contributed by atoms with Crippen molar-refractivity contribution in [3.8, 4) is 11.5 Å². The molecule has 1 atom stereocenters. The lowest BCUT2D eigenvalue weighted by atomic mass is 9.96. The zero-order valence-electron chi connectivity index (χ0n) is 13.5. The summed E-state index contributed by atoms with van der Waals surface area (Å²) in [5, 5.41) is -0.156. The monoisotopic (exact) mass is 310 g/mol. The summed E-state index contributed by atoms with van der Waals surface area (Å²) >= 11 is 6.31. The number of halogens is 1. The summed E-state index contributed by atoms with van der Waals surface area (Å²) in [6, 6.07) is 3.87. The van der Waals surface area contributed by atoms with Crippen LogP contribution in [0.1, 0.15) is 38.9 Å². The number of benzene rings is 1. The van der Waals surface area contributed by atoms with Crippen LogP contribution in [0.25, 0.3) is 11.0 Å². The zero-order valence-corrected chi connectivity index (χ0v) is 14.3. The van der Waals surface area contributed by atoms with Gasteiger partial charge in [-0.05, 0) is 12.3 Å². The molecule has 21 heavy (non-hydrogen) atoms. The van der Waals surface area contributed by atoms with Crippen molar-refractivity contribution in [2.24, 2.45) is 5.41 Å². The number of fused-ring (bicyclic) bond motifs is 1. The van der Waals surface area contributed by atoms with Gasteiger partial charge in [0.2, 0.25) is 0 Å². The van der Waals surface area contributed by atoms with Gasteiger partial charge in [-0.2, -0.15) is 0 Å². The number of aromatic nitrogens is 2. The normalized spacial score (nSPS) is 13.5. The third-order valence-corrected chi connectivity index (χ3v) is 3.47. The maximum Gasteiger partial charge on any atom is 0.163 e. The summed E-state index contributed by atoms with van der Waals surface area (Å²) in [5.41, 5.74) is 2.02. The summed E-state index contributed by atoms with van der Waals surface area (Å²) in [6.45, 7) is 9.37. The molecule has 0 amide bonds. The number of ether oxygens (including phenoxy) is 2. The second-order valence-electron chi connectivity index (χ2n) is 6.43. The van der Waals surface area contributed by atoms with Crippen molar-refractivity contribution in [1.29, 1.82) is 0 Å². The lowest BCUT2D eigenvalue weighted by molar-refractivity contribution is 0.341. The van der Waals surface area contributed by atoms with Gasteiger partial charge >= 0.3 is 0 Å². The van der Waals surface area contributed by atoms with Crippen LogP contribution in [0.3, 0.4) is 0 Å². The minimum absolute atomic E-state index is 0.126. The van der Waals surface area contributed by atoms with Crippen molar-refractivity contribution < 1.29 is 9.47 Å². The third-order valence-electron chi connectivity index (χ3n) is 3.27. The molecule has 116 valence electrons. The van der Waals surface area contributed by atoms with E-state index in [0.717, 1.165) is 23.4 Å². The molecule has 1 heterocycles. The van der Waals surface area contributed by atoms with E-state index in [1.807, 2.05) is 19.1 Å². The Morgan fingerprint density at radius 3 is 2.24 bits per heavy atom. The van der Waals surface area contributed by atoms with Crippen LogP contribution >= 0.6 is 11.6 Å². The van der Waals surface area contributed by atoms with Crippen LogP contribution in [-0.2, 0) is 6.54 Å². The summed E-state index contributed by atoms with van der Waals surface area (Å²) in [6.07, 6.45) is 0. The molecule has 0 fully saturated rings. The van der Waals surface area contributed by atoms with Crippen LogP contribution in [0, 0.1) is 5.41 Å². The van der Waals surface area contributed by atoms with Crippen LogP contribution in [0.2, 0.25) is 0 Å². The molecule has 1 aromatic heterocycles. The fraction of sp³-hybridized carbons (Fsp3) is 0.562. The SMILES string of the molecule is COc1cc2nc(C(C)Cl)n(CC(C)(C)C)c2cc1OC. The van der Waals surface area contributed by atoms with Gasteiger partial charge in [0.15, 0.2) is 11.5 Å². The molecule has 1 aromatic carbocycles. The van der Waals surface area contributed by atoms with Crippen molar-refractivity contribution in [3.63, 3.8) is 0 Å². The number of methoxy groups -OCH3 is 2. The molecular weight excluding hydrogens is 288 g/mol. The smallest absolute Gasteiger partial charge is 0.163 e. The highest BCUT2D eigenvalue weighted by molar-refractivity contribution is 6.20. The quantitative estimate of drug-likeness (QED) is 0.785. The molecule has 0 saturated carbocycles.